The molecule has 36 heavy (non-hydrogen) atoms. The number of hydrogen-bond acceptors (Lipinski definition) is 5. The smallest absolute Gasteiger partial charge is 0.257 e. The maximum absolute atomic E-state index is 13.6. The van der Waals surface area contributed by atoms with Gasteiger partial charge in [-0.1, -0.05) is 24.3 Å². The molecule has 1 spiro atoms. The van der Waals surface area contributed by atoms with E-state index in [1.54, 1.807) is 18.2 Å². The molecule has 2 bridgehead atoms. The second-order valence-electron chi connectivity index (χ2n) is 10.4. The monoisotopic (exact) mass is 491 g/mol. The van der Waals surface area contributed by atoms with Crippen LogP contribution in [0.3, 0.4) is 0 Å². The number of carbonyl (C=O) groups excluding carboxylic acids is 2. The van der Waals surface area contributed by atoms with Gasteiger partial charge in [-0.3, -0.25) is 9.59 Å². The summed E-state index contributed by atoms with van der Waals surface area (Å²) >= 11 is 0. The van der Waals surface area contributed by atoms with E-state index in [1.807, 2.05) is 41.0 Å². The van der Waals surface area contributed by atoms with Gasteiger partial charge in [0.2, 0.25) is 0 Å². The first-order valence-corrected chi connectivity index (χ1v) is 13.1. The van der Waals surface area contributed by atoms with Crippen LogP contribution in [0, 0.1) is 0 Å². The summed E-state index contributed by atoms with van der Waals surface area (Å²) in [5.41, 5.74) is 2.34. The number of morpholine rings is 1. The Kier molecular flexibility index (Phi) is 5.61. The summed E-state index contributed by atoms with van der Waals surface area (Å²) in [5, 5.41) is 3.28. The Morgan fingerprint density at radius 2 is 1.81 bits per heavy atom. The molecule has 2 unspecified atom stereocenters. The first-order valence-electron chi connectivity index (χ1n) is 14.1. The summed E-state index contributed by atoms with van der Waals surface area (Å²) in [5.74, 6) is 0.289. The number of fused-ring (bicyclic) bond motifs is 3. The Hall–Kier alpha value is -2.90. The van der Waals surface area contributed by atoms with Crippen molar-refractivity contribution in [1.29, 1.82) is 0 Å². The SMILES string of the molecule is [2H]C1([2H])NC2(CCN(C(=O)c3ccc(C(=O)N4C5CCC4COC5)cc3OCC)CC2)Cc2ccccc21. The maximum Gasteiger partial charge on any atom is 0.257 e. The van der Waals surface area contributed by atoms with Crippen LogP contribution in [0.2, 0.25) is 0 Å². The Labute approximate surface area is 215 Å². The fourth-order valence-corrected chi connectivity index (χ4v) is 6.23. The predicted octanol–water partition coefficient (Wildman–Crippen LogP) is 3.41. The summed E-state index contributed by atoms with van der Waals surface area (Å²) in [6.07, 6.45) is 3.99. The Morgan fingerprint density at radius 3 is 2.53 bits per heavy atom. The van der Waals surface area contributed by atoms with Crippen molar-refractivity contribution in [3.05, 3.63) is 64.7 Å². The number of rotatable bonds is 4. The van der Waals surface area contributed by atoms with E-state index >= 15 is 0 Å². The number of ether oxygens (including phenoxy) is 2. The van der Waals surface area contributed by atoms with Crippen molar-refractivity contribution >= 4 is 11.8 Å². The van der Waals surface area contributed by atoms with Crippen LogP contribution in [0.15, 0.2) is 42.5 Å². The average Bonchev–Trinajstić information content (AvgIpc) is 3.15. The maximum atomic E-state index is 13.6. The molecule has 0 aliphatic carbocycles. The minimum Gasteiger partial charge on any atom is -0.493 e. The molecule has 7 heteroatoms. The standard InChI is InChI=1S/C29H35N3O4/c1-2-36-26-15-20(27(33)32-23-8-9-24(32)19-35-18-23)7-10-25(26)28(34)31-13-11-29(12-14-31)16-21-5-3-4-6-22(21)17-30-29/h3-7,10,15,23-24,30H,2,8-9,11-14,16-19H2,1H3/i17D2. The van der Waals surface area contributed by atoms with Crippen molar-refractivity contribution in [2.45, 2.75) is 63.1 Å². The molecule has 2 atom stereocenters. The fraction of sp³-hybridized carbons (Fsp3) is 0.517. The lowest BCUT2D eigenvalue weighted by Crippen LogP contribution is -2.57. The molecule has 3 fully saturated rings. The van der Waals surface area contributed by atoms with E-state index in [2.05, 4.69) is 5.32 Å². The van der Waals surface area contributed by atoms with E-state index in [1.165, 1.54) is 0 Å². The number of carbonyl (C=O) groups is 2. The van der Waals surface area contributed by atoms with E-state index in [0.29, 0.717) is 68.2 Å². The molecule has 0 aromatic heterocycles. The van der Waals surface area contributed by atoms with Gasteiger partial charge in [-0.15, -0.1) is 0 Å². The molecule has 4 aliphatic rings. The van der Waals surface area contributed by atoms with Crippen molar-refractivity contribution in [3.8, 4) is 5.75 Å². The number of benzene rings is 2. The van der Waals surface area contributed by atoms with Crippen molar-refractivity contribution in [1.82, 2.24) is 15.1 Å². The summed E-state index contributed by atoms with van der Waals surface area (Å²) in [4.78, 5) is 30.8. The topological polar surface area (TPSA) is 71.1 Å². The molecule has 2 aromatic carbocycles. The van der Waals surface area contributed by atoms with Gasteiger partial charge >= 0.3 is 0 Å². The number of likely N-dealkylation sites (tertiary alicyclic amines) is 1. The van der Waals surface area contributed by atoms with E-state index in [0.717, 1.165) is 24.8 Å². The zero-order chi connectivity index (χ0) is 26.5. The molecule has 2 amide bonds. The highest BCUT2D eigenvalue weighted by atomic mass is 16.5. The molecule has 7 nitrogen and oxygen atoms in total. The zero-order valence-electron chi connectivity index (χ0n) is 22.8. The van der Waals surface area contributed by atoms with Crippen LogP contribution in [0.1, 0.15) is 67.2 Å². The molecule has 4 aliphatic heterocycles. The van der Waals surface area contributed by atoms with Gasteiger partial charge in [0.05, 0.1) is 37.5 Å². The largest absolute Gasteiger partial charge is 0.493 e. The molecule has 0 saturated carbocycles. The molecular weight excluding hydrogens is 454 g/mol. The average molecular weight is 492 g/mol. The fourth-order valence-electron chi connectivity index (χ4n) is 6.23. The van der Waals surface area contributed by atoms with Crippen molar-refractivity contribution in [2.75, 3.05) is 32.9 Å². The van der Waals surface area contributed by atoms with Crippen LogP contribution in [-0.4, -0.2) is 72.1 Å². The van der Waals surface area contributed by atoms with Gasteiger partial charge < -0.3 is 24.6 Å². The molecule has 190 valence electrons. The summed E-state index contributed by atoms with van der Waals surface area (Å²) in [7, 11) is 0. The molecule has 4 heterocycles. The highest BCUT2D eigenvalue weighted by Crippen LogP contribution is 2.34. The van der Waals surface area contributed by atoms with Crippen LogP contribution in [0.5, 0.6) is 5.75 Å². The van der Waals surface area contributed by atoms with Gasteiger partial charge in [-0.25, -0.2) is 0 Å². The molecule has 0 radical (unpaired) electrons. The highest BCUT2D eigenvalue weighted by Gasteiger charge is 2.41. The van der Waals surface area contributed by atoms with Gasteiger partial charge in [0, 0.05) is 33.4 Å². The quantitative estimate of drug-likeness (QED) is 0.710. The highest BCUT2D eigenvalue weighted by molar-refractivity contribution is 6.00. The second kappa shape index (κ2) is 9.52. The molecule has 6 rings (SSSR count). The predicted molar refractivity (Wildman–Crippen MR) is 136 cm³/mol. The Balaban J connectivity index is 1.18. The van der Waals surface area contributed by atoms with Crippen LogP contribution in [0.4, 0.5) is 0 Å². The molecule has 3 saturated heterocycles. The van der Waals surface area contributed by atoms with E-state index < -0.39 is 6.50 Å². The number of piperidine rings is 1. The van der Waals surface area contributed by atoms with E-state index in [9.17, 15) is 9.59 Å². The van der Waals surface area contributed by atoms with Crippen LogP contribution in [-0.2, 0) is 17.7 Å². The van der Waals surface area contributed by atoms with Crippen molar-refractivity contribution < 1.29 is 21.8 Å². The van der Waals surface area contributed by atoms with Gasteiger partial charge in [0.1, 0.15) is 5.75 Å². The minimum absolute atomic E-state index is 0.0291. The Morgan fingerprint density at radius 1 is 1.08 bits per heavy atom. The molecular formula is C29H35N3O4. The first-order chi connectivity index (χ1) is 18.3. The van der Waals surface area contributed by atoms with Crippen LogP contribution < -0.4 is 10.1 Å². The summed E-state index contributed by atoms with van der Waals surface area (Å²) in [6, 6.07) is 13.1. The number of nitrogens with one attached hydrogen (secondary N) is 1. The number of amides is 2. The van der Waals surface area contributed by atoms with Crippen LogP contribution in [0.25, 0.3) is 0 Å². The Bertz CT molecular complexity index is 1230. The number of hydrogen-bond donors (Lipinski definition) is 1. The van der Waals surface area contributed by atoms with E-state index in [4.69, 9.17) is 12.2 Å². The molecule has 2 aromatic rings. The van der Waals surface area contributed by atoms with Gasteiger partial charge in [-0.2, -0.15) is 0 Å². The molecule has 1 N–H and O–H groups in total. The third-order valence-corrected chi connectivity index (χ3v) is 8.25. The van der Waals surface area contributed by atoms with Gasteiger partial charge in [-0.05, 0) is 68.4 Å². The normalized spacial score (nSPS) is 26.7. The first kappa shape index (κ1) is 21.2. The lowest BCUT2D eigenvalue weighted by atomic mass is 9.78. The van der Waals surface area contributed by atoms with Crippen molar-refractivity contribution in [2.24, 2.45) is 0 Å². The number of nitrogens with zero attached hydrogens (tertiary/aromatic N) is 2. The van der Waals surface area contributed by atoms with Crippen LogP contribution >= 0.6 is 0 Å². The third kappa shape index (κ3) is 4.18. The lowest BCUT2D eigenvalue weighted by Gasteiger charge is -2.45. The second-order valence-corrected chi connectivity index (χ2v) is 10.4. The minimum atomic E-state index is -1.61. The van der Waals surface area contributed by atoms with E-state index in [-0.39, 0.29) is 29.4 Å². The summed E-state index contributed by atoms with van der Waals surface area (Å²) in [6.45, 7) is 2.86. The summed E-state index contributed by atoms with van der Waals surface area (Å²) < 4.78 is 28.7. The lowest BCUT2D eigenvalue weighted by molar-refractivity contribution is -0.00718. The van der Waals surface area contributed by atoms with Gasteiger partial charge in [0.15, 0.2) is 0 Å². The third-order valence-electron chi connectivity index (χ3n) is 8.25. The van der Waals surface area contributed by atoms with Gasteiger partial charge in [0.25, 0.3) is 11.8 Å². The van der Waals surface area contributed by atoms with Crippen molar-refractivity contribution in [3.63, 3.8) is 0 Å². The zero-order valence-corrected chi connectivity index (χ0v) is 20.8.